The van der Waals surface area contributed by atoms with E-state index in [9.17, 15) is 18.3 Å². The molecule has 2 rings (SSSR count). The van der Waals surface area contributed by atoms with E-state index >= 15 is 0 Å². The fourth-order valence-corrected chi connectivity index (χ4v) is 2.48. The number of aryl methyl sites for hydroxylation is 1. The number of sulfone groups is 1. The van der Waals surface area contributed by atoms with Crippen molar-refractivity contribution >= 4 is 21.4 Å². The molecule has 0 heterocycles. The number of anilines is 1. The molecule has 0 saturated carbocycles. The third-order valence-electron chi connectivity index (χ3n) is 2.93. The summed E-state index contributed by atoms with van der Waals surface area (Å²) in [5, 5.41) is 12.3. The Morgan fingerprint density at radius 1 is 1.14 bits per heavy atom. The number of phenolic OH excluding ortho intramolecular Hbond substituents is 1. The molecule has 110 valence electrons. The Morgan fingerprint density at radius 3 is 2.48 bits per heavy atom. The fraction of sp³-hybridized carbons (Fsp3) is 0.133. The Bertz CT molecular complexity index is 797. The predicted molar refractivity (Wildman–Crippen MR) is 80.3 cm³/mol. The van der Waals surface area contributed by atoms with E-state index in [1.165, 1.54) is 30.3 Å². The van der Waals surface area contributed by atoms with Crippen LogP contribution in [0.25, 0.3) is 0 Å². The summed E-state index contributed by atoms with van der Waals surface area (Å²) < 4.78 is 23.0. The molecule has 2 N–H and O–H groups in total. The van der Waals surface area contributed by atoms with Gasteiger partial charge in [-0.05, 0) is 42.8 Å². The SMILES string of the molecule is Cc1ccc(NC(=O)c2cccc(S(C)(=O)=O)c2)c(O)c1. The van der Waals surface area contributed by atoms with E-state index in [0.717, 1.165) is 11.8 Å². The third kappa shape index (κ3) is 3.61. The van der Waals surface area contributed by atoms with Gasteiger partial charge in [-0.1, -0.05) is 12.1 Å². The van der Waals surface area contributed by atoms with Crippen molar-refractivity contribution in [3.8, 4) is 5.75 Å². The molecular formula is C15H15NO4S. The van der Waals surface area contributed by atoms with Gasteiger partial charge < -0.3 is 10.4 Å². The first-order valence-electron chi connectivity index (χ1n) is 6.18. The van der Waals surface area contributed by atoms with Gasteiger partial charge >= 0.3 is 0 Å². The minimum Gasteiger partial charge on any atom is -0.506 e. The lowest BCUT2D eigenvalue weighted by Gasteiger charge is -2.08. The van der Waals surface area contributed by atoms with Crippen LogP contribution in [0.3, 0.4) is 0 Å². The van der Waals surface area contributed by atoms with Crippen LogP contribution in [0.2, 0.25) is 0 Å². The molecule has 0 aliphatic carbocycles. The minimum absolute atomic E-state index is 0.0392. The Labute approximate surface area is 123 Å². The Balaban J connectivity index is 2.29. The summed E-state index contributed by atoms with van der Waals surface area (Å²) in [6, 6.07) is 10.6. The highest BCUT2D eigenvalue weighted by molar-refractivity contribution is 7.90. The Morgan fingerprint density at radius 2 is 1.86 bits per heavy atom. The van der Waals surface area contributed by atoms with Crippen molar-refractivity contribution in [1.82, 2.24) is 0 Å². The van der Waals surface area contributed by atoms with Gasteiger partial charge in [-0.15, -0.1) is 0 Å². The lowest BCUT2D eigenvalue weighted by atomic mass is 10.2. The molecule has 0 spiro atoms. The number of hydrogen-bond acceptors (Lipinski definition) is 4. The van der Waals surface area contributed by atoms with E-state index in [0.29, 0.717) is 0 Å². The van der Waals surface area contributed by atoms with Crippen molar-refractivity contribution in [2.24, 2.45) is 0 Å². The lowest BCUT2D eigenvalue weighted by molar-refractivity contribution is 0.102. The highest BCUT2D eigenvalue weighted by atomic mass is 32.2. The molecule has 0 aliphatic rings. The van der Waals surface area contributed by atoms with Gasteiger partial charge in [0.25, 0.3) is 5.91 Å². The smallest absolute Gasteiger partial charge is 0.255 e. The molecule has 0 radical (unpaired) electrons. The number of nitrogens with one attached hydrogen (secondary N) is 1. The number of hydrogen-bond donors (Lipinski definition) is 2. The molecule has 0 atom stereocenters. The van der Waals surface area contributed by atoms with Crippen molar-refractivity contribution in [1.29, 1.82) is 0 Å². The van der Waals surface area contributed by atoms with E-state index in [2.05, 4.69) is 5.32 Å². The number of benzene rings is 2. The zero-order valence-corrected chi connectivity index (χ0v) is 12.4. The molecule has 0 aromatic heterocycles. The van der Waals surface area contributed by atoms with Crippen LogP contribution < -0.4 is 5.32 Å². The van der Waals surface area contributed by atoms with Crippen LogP contribution in [0.15, 0.2) is 47.4 Å². The molecule has 1 amide bonds. The van der Waals surface area contributed by atoms with E-state index in [1.54, 1.807) is 12.1 Å². The van der Waals surface area contributed by atoms with Gasteiger partial charge in [0.2, 0.25) is 0 Å². The Kier molecular flexibility index (Phi) is 3.99. The molecule has 0 fully saturated rings. The summed E-state index contributed by atoms with van der Waals surface area (Å²) in [7, 11) is -3.37. The number of rotatable bonds is 3. The topological polar surface area (TPSA) is 83.5 Å². The Hall–Kier alpha value is -2.34. The van der Waals surface area contributed by atoms with Crippen LogP contribution in [0, 0.1) is 6.92 Å². The van der Waals surface area contributed by atoms with Gasteiger partial charge in [0.1, 0.15) is 5.75 Å². The van der Waals surface area contributed by atoms with Crippen molar-refractivity contribution in [2.75, 3.05) is 11.6 Å². The second-order valence-corrected chi connectivity index (χ2v) is 6.79. The highest BCUT2D eigenvalue weighted by Crippen LogP contribution is 2.24. The van der Waals surface area contributed by atoms with E-state index < -0.39 is 15.7 Å². The maximum absolute atomic E-state index is 12.1. The van der Waals surface area contributed by atoms with Crippen LogP contribution in [-0.4, -0.2) is 25.7 Å². The summed E-state index contributed by atoms with van der Waals surface area (Å²) in [5.41, 5.74) is 1.35. The number of carbonyl (C=O) groups excluding carboxylic acids is 1. The van der Waals surface area contributed by atoms with Crippen LogP contribution >= 0.6 is 0 Å². The summed E-state index contributed by atoms with van der Waals surface area (Å²) in [6.07, 6.45) is 1.08. The zero-order chi connectivity index (χ0) is 15.6. The van der Waals surface area contributed by atoms with Gasteiger partial charge in [-0.25, -0.2) is 8.42 Å². The minimum atomic E-state index is -3.37. The number of amides is 1. The third-order valence-corrected chi connectivity index (χ3v) is 4.04. The summed E-state index contributed by atoms with van der Waals surface area (Å²) in [4.78, 5) is 12.2. The van der Waals surface area contributed by atoms with Gasteiger partial charge in [-0.2, -0.15) is 0 Å². The molecule has 0 bridgehead atoms. The van der Waals surface area contributed by atoms with Gasteiger partial charge in [-0.3, -0.25) is 4.79 Å². The number of aromatic hydroxyl groups is 1. The van der Waals surface area contributed by atoms with E-state index in [4.69, 9.17) is 0 Å². The quantitative estimate of drug-likeness (QED) is 0.853. The van der Waals surface area contributed by atoms with Gasteiger partial charge in [0.15, 0.2) is 9.84 Å². The van der Waals surface area contributed by atoms with Crippen molar-refractivity contribution in [3.05, 3.63) is 53.6 Å². The fourth-order valence-electron chi connectivity index (χ4n) is 1.81. The van der Waals surface area contributed by atoms with Crippen molar-refractivity contribution in [3.63, 3.8) is 0 Å². The standard InChI is InChI=1S/C15H15NO4S/c1-10-6-7-13(14(17)8-10)16-15(18)11-4-3-5-12(9-11)21(2,19)20/h3-9,17H,1-2H3,(H,16,18). The highest BCUT2D eigenvalue weighted by Gasteiger charge is 2.13. The second kappa shape index (κ2) is 5.57. The maximum Gasteiger partial charge on any atom is 0.255 e. The summed E-state index contributed by atoms with van der Waals surface area (Å²) in [5.74, 6) is -0.526. The first-order chi connectivity index (χ1) is 9.77. The first kappa shape index (κ1) is 15.1. The summed E-state index contributed by atoms with van der Waals surface area (Å²) in [6.45, 7) is 1.82. The van der Waals surface area contributed by atoms with Crippen LogP contribution in [0.5, 0.6) is 5.75 Å². The van der Waals surface area contributed by atoms with Crippen molar-refractivity contribution in [2.45, 2.75) is 11.8 Å². The van der Waals surface area contributed by atoms with Crippen LogP contribution in [0.1, 0.15) is 15.9 Å². The number of carbonyl (C=O) groups is 1. The number of phenols is 1. The molecule has 6 heteroatoms. The molecule has 0 unspecified atom stereocenters. The lowest BCUT2D eigenvalue weighted by Crippen LogP contribution is -2.12. The average Bonchev–Trinajstić information content (AvgIpc) is 2.41. The largest absolute Gasteiger partial charge is 0.506 e. The second-order valence-electron chi connectivity index (χ2n) is 4.77. The van der Waals surface area contributed by atoms with E-state index in [-0.39, 0.29) is 21.9 Å². The monoisotopic (exact) mass is 305 g/mol. The van der Waals surface area contributed by atoms with Gasteiger partial charge in [0.05, 0.1) is 10.6 Å². The zero-order valence-electron chi connectivity index (χ0n) is 11.6. The normalized spacial score (nSPS) is 11.1. The molecule has 2 aromatic carbocycles. The molecule has 5 nitrogen and oxygen atoms in total. The molecule has 2 aromatic rings. The molecular weight excluding hydrogens is 290 g/mol. The predicted octanol–water partition coefficient (Wildman–Crippen LogP) is 2.36. The first-order valence-corrected chi connectivity index (χ1v) is 8.07. The van der Waals surface area contributed by atoms with Crippen LogP contribution in [-0.2, 0) is 9.84 Å². The molecule has 21 heavy (non-hydrogen) atoms. The molecule has 0 aliphatic heterocycles. The van der Waals surface area contributed by atoms with E-state index in [1.807, 2.05) is 6.92 Å². The molecule has 0 saturated heterocycles. The maximum atomic E-state index is 12.1. The van der Waals surface area contributed by atoms with Crippen molar-refractivity contribution < 1.29 is 18.3 Å². The van der Waals surface area contributed by atoms with Crippen LogP contribution in [0.4, 0.5) is 5.69 Å². The summed E-state index contributed by atoms with van der Waals surface area (Å²) >= 11 is 0. The van der Waals surface area contributed by atoms with Gasteiger partial charge in [0, 0.05) is 11.8 Å². The average molecular weight is 305 g/mol.